The van der Waals surface area contributed by atoms with Crippen LogP contribution in [0.3, 0.4) is 0 Å². The summed E-state index contributed by atoms with van der Waals surface area (Å²) in [6.07, 6.45) is 0. The summed E-state index contributed by atoms with van der Waals surface area (Å²) in [5.74, 6) is 0.833. The lowest BCUT2D eigenvalue weighted by Crippen LogP contribution is -2.12. The topological polar surface area (TPSA) is 59.1 Å². The lowest BCUT2D eigenvalue weighted by Gasteiger charge is -2.11. The number of benzene rings is 2. The minimum Gasteiger partial charge on any atom is -0.497 e. The van der Waals surface area contributed by atoms with E-state index in [1.54, 1.807) is 18.9 Å². The smallest absolute Gasteiger partial charge is 0.123 e. The van der Waals surface area contributed by atoms with Crippen molar-refractivity contribution in [3.8, 4) is 5.75 Å². The second-order valence-electron chi connectivity index (χ2n) is 4.14. The Balaban J connectivity index is 2.43. The van der Waals surface area contributed by atoms with E-state index in [0.717, 1.165) is 21.1 Å². The molecule has 0 aliphatic carbocycles. The Kier molecular flexibility index (Phi) is 4.12. The molecule has 2 aromatic carbocycles. The van der Waals surface area contributed by atoms with Gasteiger partial charge in [-0.3, -0.25) is 5.41 Å². The highest BCUT2D eigenvalue weighted by molar-refractivity contribution is 7.99. The van der Waals surface area contributed by atoms with Gasteiger partial charge in [0.1, 0.15) is 11.6 Å². The fourth-order valence-electron chi connectivity index (χ4n) is 1.73. The van der Waals surface area contributed by atoms with Gasteiger partial charge in [0.25, 0.3) is 0 Å². The predicted octanol–water partition coefficient (Wildman–Crippen LogP) is 3.44. The molecule has 0 radical (unpaired) electrons. The lowest BCUT2D eigenvalue weighted by atomic mass is 10.2. The van der Waals surface area contributed by atoms with E-state index in [2.05, 4.69) is 19.1 Å². The van der Waals surface area contributed by atoms with Crippen LogP contribution in [0, 0.1) is 12.3 Å². The van der Waals surface area contributed by atoms with Gasteiger partial charge in [0, 0.05) is 15.4 Å². The summed E-state index contributed by atoms with van der Waals surface area (Å²) in [6, 6.07) is 13.7. The van der Waals surface area contributed by atoms with Crippen LogP contribution in [0.2, 0.25) is 0 Å². The van der Waals surface area contributed by atoms with Gasteiger partial charge in [-0.05, 0) is 36.8 Å². The van der Waals surface area contributed by atoms with Gasteiger partial charge in [-0.25, -0.2) is 0 Å². The molecule has 0 unspecified atom stereocenters. The van der Waals surface area contributed by atoms with E-state index in [9.17, 15) is 0 Å². The van der Waals surface area contributed by atoms with E-state index in [-0.39, 0.29) is 5.84 Å². The molecule has 0 aliphatic rings. The number of rotatable bonds is 4. The number of hydrogen-bond donors (Lipinski definition) is 2. The molecule has 0 fully saturated rings. The maximum Gasteiger partial charge on any atom is 0.123 e. The summed E-state index contributed by atoms with van der Waals surface area (Å²) in [7, 11) is 1.63. The summed E-state index contributed by atoms with van der Waals surface area (Å²) in [6.45, 7) is 2.07. The Morgan fingerprint density at radius 3 is 2.53 bits per heavy atom. The Morgan fingerprint density at radius 1 is 1.16 bits per heavy atom. The Hall–Kier alpha value is -1.94. The standard InChI is InChI=1S/C15H16N2OS/c1-10-5-3-4-6-13(10)19-14-9-11(18-2)7-8-12(14)15(16)17/h3-9H,1-2H3,(H3,16,17). The highest BCUT2D eigenvalue weighted by Crippen LogP contribution is 2.34. The molecule has 4 heteroatoms. The van der Waals surface area contributed by atoms with E-state index in [1.165, 1.54) is 5.56 Å². The average Bonchev–Trinajstić information content (AvgIpc) is 2.41. The zero-order valence-electron chi connectivity index (χ0n) is 10.9. The minimum absolute atomic E-state index is 0.0683. The lowest BCUT2D eigenvalue weighted by molar-refractivity contribution is 0.413. The van der Waals surface area contributed by atoms with Gasteiger partial charge in [-0.15, -0.1) is 0 Å². The SMILES string of the molecule is COc1ccc(C(=N)N)c(Sc2ccccc2C)c1. The van der Waals surface area contributed by atoms with E-state index < -0.39 is 0 Å². The number of methoxy groups -OCH3 is 1. The molecule has 3 nitrogen and oxygen atoms in total. The van der Waals surface area contributed by atoms with Crippen molar-refractivity contribution < 1.29 is 4.74 Å². The number of hydrogen-bond acceptors (Lipinski definition) is 3. The van der Waals surface area contributed by atoms with Gasteiger partial charge in [0.15, 0.2) is 0 Å². The minimum atomic E-state index is 0.0683. The molecule has 0 atom stereocenters. The van der Waals surface area contributed by atoms with Crippen molar-refractivity contribution in [3.63, 3.8) is 0 Å². The monoisotopic (exact) mass is 272 g/mol. The Morgan fingerprint density at radius 2 is 1.89 bits per heavy atom. The van der Waals surface area contributed by atoms with Crippen LogP contribution >= 0.6 is 11.8 Å². The van der Waals surface area contributed by atoms with Crippen molar-refractivity contribution in [2.24, 2.45) is 5.73 Å². The Labute approximate surface area is 117 Å². The first kappa shape index (κ1) is 13.5. The highest BCUT2D eigenvalue weighted by Gasteiger charge is 2.10. The summed E-state index contributed by atoms with van der Waals surface area (Å²) in [4.78, 5) is 2.08. The number of nitrogens with one attached hydrogen (secondary N) is 1. The maximum atomic E-state index is 7.65. The second kappa shape index (κ2) is 5.80. The molecular weight excluding hydrogens is 256 g/mol. The molecule has 0 spiro atoms. The molecule has 0 aliphatic heterocycles. The van der Waals surface area contributed by atoms with E-state index >= 15 is 0 Å². The van der Waals surface area contributed by atoms with Crippen molar-refractivity contribution >= 4 is 17.6 Å². The first-order valence-electron chi connectivity index (χ1n) is 5.87. The first-order valence-corrected chi connectivity index (χ1v) is 6.69. The molecule has 0 amide bonds. The number of ether oxygens (including phenoxy) is 1. The van der Waals surface area contributed by atoms with Crippen LogP contribution in [0.4, 0.5) is 0 Å². The van der Waals surface area contributed by atoms with Crippen LogP contribution in [0.1, 0.15) is 11.1 Å². The molecule has 98 valence electrons. The number of amidine groups is 1. The summed E-state index contributed by atoms with van der Waals surface area (Å²) < 4.78 is 5.23. The number of nitrogens with two attached hydrogens (primary N) is 1. The molecular formula is C15H16N2OS. The molecule has 0 saturated carbocycles. The van der Waals surface area contributed by atoms with E-state index in [1.807, 2.05) is 30.3 Å². The molecule has 0 bridgehead atoms. The first-order chi connectivity index (χ1) is 9.11. The third-order valence-electron chi connectivity index (χ3n) is 2.79. The van der Waals surface area contributed by atoms with Gasteiger partial charge in [0.05, 0.1) is 7.11 Å². The van der Waals surface area contributed by atoms with Crippen molar-refractivity contribution in [1.82, 2.24) is 0 Å². The number of nitrogen functional groups attached to an aromatic ring is 1. The largest absolute Gasteiger partial charge is 0.497 e. The van der Waals surface area contributed by atoms with E-state index in [0.29, 0.717) is 0 Å². The zero-order chi connectivity index (χ0) is 13.8. The summed E-state index contributed by atoms with van der Waals surface area (Å²) >= 11 is 1.60. The average molecular weight is 272 g/mol. The quantitative estimate of drug-likeness (QED) is 0.662. The van der Waals surface area contributed by atoms with Crippen molar-refractivity contribution in [1.29, 1.82) is 5.41 Å². The van der Waals surface area contributed by atoms with Crippen LogP contribution in [0.15, 0.2) is 52.3 Å². The van der Waals surface area contributed by atoms with Crippen LogP contribution in [-0.2, 0) is 0 Å². The fourth-order valence-corrected chi connectivity index (χ4v) is 2.80. The zero-order valence-corrected chi connectivity index (χ0v) is 11.8. The van der Waals surface area contributed by atoms with Gasteiger partial charge >= 0.3 is 0 Å². The maximum absolute atomic E-state index is 7.65. The summed E-state index contributed by atoms with van der Waals surface area (Å²) in [5.41, 5.74) is 7.56. The molecule has 19 heavy (non-hydrogen) atoms. The van der Waals surface area contributed by atoms with Crippen molar-refractivity contribution in [3.05, 3.63) is 53.6 Å². The molecule has 0 aromatic heterocycles. The van der Waals surface area contributed by atoms with Gasteiger partial charge in [0.2, 0.25) is 0 Å². The Bertz CT molecular complexity index is 611. The molecule has 2 aromatic rings. The van der Waals surface area contributed by atoms with Crippen molar-refractivity contribution in [2.75, 3.05) is 7.11 Å². The predicted molar refractivity (Wildman–Crippen MR) is 79.3 cm³/mol. The third kappa shape index (κ3) is 3.09. The molecule has 0 heterocycles. The fraction of sp³-hybridized carbons (Fsp3) is 0.133. The van der Waals surface area contributed by atoms with Crippen LogP contribution in [0.5, 0.6) is 5.75 Å². The molecule has 3 N–H and O–H groups in total. The van der Waals surface area contributed by atoms with Gasteiger partial charge < -0.3 is 10.5 Å². The van der Waals surface area contributed by atoms with Crippen molar-refractivity contribution in [2.45, 2.75) is 16.7 Å². The molecule has 0 saturated heterocycles. The molecule has 2 rings (SSSR count). The normalized spacial score (nSPS) is 10.2. The van der Waals surface area contributed by atoms with Gasteiger partial charge in [-0.1, -0.05) is 30.0 Å². The second-order valence-corrected chi connectivity index (χ2v) is 5.23. The van der Waals surface area contributed by atoms with Crippen LogP contribution in [-0.4, -0.2) is 12.9 Å². The highest BCUT2D eigenvalue weighted by atomic mass is 32.2. The summed E-state index contributed by atoms with van der Waals surface area (Å²) in [5, 5.41) is 7.65. The van der Waals surface area contributed by atoms with E-state index in [4.69, 9.17) is 15.9 Å². The number of aryl methyl sites for hydroxylation is 1. The van der Waals surface area contributed by atoms with Crippen LogP contribution < -0.4 is 10.5 Å². The third-order valence-corrected chi connectivity index (χ3v) is 4.03. The van der Waals surface area contributed by atoms with Crippen LogP contribution in [0.25, 0.3) is 0 Å². The van der Waals surface area contributed by atoms with Gasteiger partial charge in [-0.2, -0.15) is 0 Å².